The zero-order chi connectivity index (χ0) is 14.7. The number of rotatable bonds is 4. The molecule has 0 aliphatic heterocycles. The number of ether oxygens (including phenoxy) is 1. The molecule has 8 nitrogen and oxygen atoms in total. The van der Waals surface area contributed by atoms with Crippen LogP contribution in [-0.4, -0.2) is 22.9 Å². The molecule has 0 saturated heterocycles. The Kier molecular flexibility index (Phi) is 3.56. The Morgan fingerprint density at radius 2 is 2.20 bits per heavy atom. The summed E-state index contributed by atoms with van der Waals surface area (Å²) in [5, 5.41) is 13.1. The van der Waals surface area contributed by atoms with Gasteiger partial charge in [-0.15, -0.1) is 0 Å². The molecule has 0 radical (unpaired) electrons. The second-order valence-corrected chi connectivity index (χ2v) is 3.94. The van der Waals surface area contributed by atoms with Crippen molar-refractivity contribution >= 4 is 23.0 Å². The van der Waals surface area contributed by atoms with E-state index in [-0.39, 0.29) is 11.4 Å². The molecule has 4 N–H and O–H groups in total. The first-order valence-electron chi connectivity index (χ1n) is 5.59. The fraction of sp³-hybridized carbons (Fsp3) is 0.0833. The molecule has 8 heteroatoms. The lowest BCUT2D eigenvalue weighted by Crippen LogP contribution is -2.12. The van der Waals surface area contributed by atoms with Gasteiger partial charge in [-0.3, -0.25) is 14.9 Å². The average molecular weight is 276 g/mol. The summed E-state index contributed by atoms with van der Waals surface area (Å²) in [7, 11) is 1.49. The number of hydrogen-bond donors (Lipinski definition) is 3. The van der Waals surface area contributed by atoms with E-state index in [1.54, 1.807) is 12.1 Å². The molecule has 0 aliphatic rings. The number of nitrogen functional groups attached to an aromatic ring is 1. The van der Waals surface area contributed by atoms with Gasteiger partial charge in [0.05, 0.1) is 23.9 Å². The summed E-state index contributed by atoms with van der Waals surface area (Å²) in [5.74, 6) is 0.00109. The molecule has 104 valence electrons. The molecule has 1 heterocycles. The van der Waals surface area contributed by atoms with Crippen LogP contribution in [-0.2, 0) is 0 Å². The second kappa shape index (κ2) is 5.31. The van der Waals surface area contributed by atoms with Crippen LogP contribution in [0.25, 0.3) is 0 Å². The van der Waals surface area contributed by atoms with Crippen molar-refractivity contribution in [3.63, 3.8) is 0 Å². The van der Waals surface area contributed by atoms with Gasteiger partial charge in [-0.05, 0) is 18.2 Å². The van der Waals surface area contributed by atoms with Crippen LogP contribution < -0.4 is 15.8 Å². The Morgan fingerprint density at radius 1 is 1.45 bits per heavy atom. The molecule has 2 aromatic rings. The van der Waals surface area contributed by atoms with Crippen molar-refractivity contribution in [1.29, 1.82) is 0 Å². The van der Waals surface area contributed by atoms with Crippen molar-refractivity contribution in [3.05, 3.63) is 46.3 Å². The van der Waals surface area contributed by atoms with E-state index in [2.05, 4.69) is 10.3 Å². The molecule has 1 aromatic carbocycles. The van der Waals surface area contributed by atoms with Gasteiger partial charge in [0.2, 0.25) is 0 Å². The monoisotopic (exact) mass is 276 g/mol. The van der Waals surface area contributed by atoms with E-state index >= 15 is 0 Å². The van der Waals surface area contributed by atoms with E-state index in [9.17, 15) is 14.9 Å². The average Bonchev–Trinajstić information content (AvgIpc) is 2.88. The smallest absolute Gasteiger partial charge is 0.287 e. The summed E-state index contributed by atoms with van der Waals surface area (Å²) in [6, 6.07) is 5.92. The van der Waals surface area contributed by atoms with Crippen LogP contribution in [0.1, 0.15) is 10.5 Å². The van der Waals surface area contributed by atoms with Crippen LogP contribution in [0.15, 0.2) is 30.5 Å². The molecule has 0 bridgehead atoms. The van der Waals surface area contributed by atoms with Gasteiger partial charge in [0.15, 0.2) is 0 Å². The number of hydrogen-bond acceptors (Lipinski definition) is 5. The van der Waals surface area contributed by atoms with Crippen molar-refractivity contribution in [3.8, 4) is 5.75 Å². The van der Waals surface area contributed by atoms with E-state index in [4.69, 9.17) is 10.5 Å². The third-order valence-corrected chi connectivity index (χ3v) is 2.61. The molecule has 1 amide bonds. The Hall–Kier alpha value is -3.03. The van der Waals surface area contributed by atoms with Gasteiger partial charge >= 0.3 is 0 Å². The number of nitrogens with two attached hydrogens (primary N) is 1. The van der Waals surface area contributed by atoms with E-state index in [1.165, 1.54) is 13.2 Å². The van der Waals surface area contributed by atoms with Crippen LogP contribution in [0, 0.1) is 10.1 Å². The number of benzene rings is 1. The van der Waals surface area contributed by atoms with Gasteiger partial charge in [0, 0.05) is 11.8 Å². The van der Waals surface area contributed by atoms with Crippen LogP contribution in [0.4, 0.5) is 17.1 Å². The molecule has 0 fully saturated rings. The second-order valence-electron chi connectivity index (χ2n) is 3.94. The highest BCUT2D eigenvalue weighted by Crippen LogP contribution is 2.25. The van der Waals surface area contributed by atoms with Gasteiger partial charge in [0.25, 0.3) is 11.6 Å². The van der Waals surface area contributed by atoms with Crippen LogP contribution in [0.3, 0.4) is 0 Å². The molecule has 1 aromatic heterocycles. The number of aromatic amines is 1. The summed E-state index contributed by atoms with van der Waals surface area (Å²) in [6.07, 6.45) is 1.15. The first-order chi connectivity index (χ1) is 9.51. The molecule has 0 spiro atoms. The number of nitro groups is 1. The number of nitrogens with one attached hydrogen (secondary N) is 2. The molecular formula is C12H12N4O4. The van der Waals surface area contributed by atoms with Gasteiger partial charge in [-0.1, -0.05) is 0 Å². The molecule has 0 atom stereocenters. The highest BCUT2D eigenvalue weighted by Gasteiger charge is 2.14. The molecule has 0 saturated carbocycles. The minimum atomic E-state index is -0.585. The molecule has 0 aliphatic carbocycles. The third-order valence-electron chi connectivity index (χ3n) is 2.61. The quantitative estimate of drug-likeness (QED) is 0.446. The first kappa shape index (κ1) is 13.4. The lowest BCUT2D eigenvalue weighted by Gasteiger charge is -2.08. The van der Waals surface area contributed by atoms with Gasteiger partial charge in [-0.25, -0.2) is 0 Å². The molecule has 2 rings (SSSR count). The summed E-state index contributed by atoms with van der Waals surface area (Å²) in [6.45, 7) is 0. The molecule has 20 heavy (non-hydrogen) atoms. The van der Waals surface area contributed by atoms with Crippen molar-refractivity contribution in [2.24, 2.45) is 0 Å². The highest BCUT2D eigenvalue weighted by atomic mass is 16.6. The summed E-state index contributed by atoms with van der Waals surface area (Å²) < 4.78 is 5.00. The van der Waals surface area contributed by atoms with E-state index in [0.717, 1.165) is 12.3 Å². The molecular weight excluding hydrogens is 264 g/mol. The third kappa shape index (κ3) is 2.69. The maximum Gasteiger partial charge on any atom is 0.287 e. The predicted octanol–water partition coefficient (Wildman–Crippen LogP) is 1.77. The van der Waals surface area contributed by atoms with Crippen molar-refractivity contribution < 1.29 is 14.5 Å². The maximum atomic E-state index is 11.9. The highest BCUT2D eigenvalue weighted by molar-refractivity contribution is 6.03. The number of H-pyrrole nitrogens is 1. The van der Waals surface area contributed by atoms with E-state index in [0.29, 0.717) is 17.1 Å². The predicted molar refractivity (Wildman–Crippen MR) is 72.8 cm³/mol. The van der Waals surface area contributed by atoms with Gasteiger partial charge < -0.3 is 20.8 Å². The zero-order valence-corrected chi connectivity index (χ0v) is 10.5. The topological polar surface area (TPSA) is 123 Å². The fourth-order valence-corrected chi connectivity index (χ4v) is 1.63. The SMILES string of the molecule is COc1ccc(NC(=O)c2cc([N+](=O)[O-])c[nH]2)cc1N. The Morgan fingerprint density at radius 3 is 2.75 bits per heavy atom. The summed E-state index contributed by atoms with van der Waals surface area (Å²) in [4.78, 5) is 24.4. The van der Waals surface area contributed by atoms with Crippen LogP contribution >= 0.6 is 0 Å². The van der Waals surface area contributed by atoms with Gasteiger partial charge in [-0.2, -0.15) is 0 Å². The summed E-state index contributed by atoms with van der Waals surface area (Å²) >= 11 is 0. The lowest BCUT2D eigenvalue weighted by atomic mass is 10.2. The minimum absolute atomic E-state index is 0.0890. The van der Waals surface area contributed by atoms with Crippen LogP contribution in [0.5, 0.6) is 5.75 Å². The van der Waals surface area contributed by atoms with E-state index in [1.807, 2.05) is 0 Å². The normalized spacial score (nSPS) is 10.1. The summed E-state index contributed by atoms with van der Waals surface area (Å²) in [5.41, 5.74) is 6.47. The van der Waals surface area contributed by atoms with Crippen LogP contribution in [0.2, 0.25) is 0 Å². The van der Waals surface area contributed by atoms with Crippen molar-refractivity contribution in [1.82, 2.24) is 4.98 Å². The fourth-order valence-electron chi connectivity index (χ4n) is 1.63. The minimum Gasteiger partial charge on any atom is -0.495 e. The van der Waals surface area contributed by atoms with E-state index < -0.39 is 10.8 Å². The number of methoxy groups -OCH3 is 1. The Balaban J connectivity index is 2.14. The number of carbonyl (C=O) groups excluding carboxylic acids is 1. The zero-order valence-electron chi connectivity index (χ0n) is 10.5. The number of amides is 1. The number of carbonyl (C=O) groups is 1. The molecule has 0 unspecified atom stereocenters. The number of nitrogens with zero attached hydrogens (tertiary/aromatic N) is 1. The van der Waals surface area contributed by atoms with Crippen molar-refractivity contribution in [2.75, 3.05) is 18.2 Å². The number of anilines is 2. The Labute approximate surface area is 113 Å². The first-order valence-corrected chi connectivity index (χ1v) is 5.59. The largest absolute Gasteiger partial charge is 0.495 e. The Bertz CT molecular complexity index is 665. The lowest BCUT2D eigenvalue weighted by molar-refractivity contribution is -0.384. The van der Waals surface area contributed by atoms with Crippen molar-refractivity contribution in [2.45, 2.75) is 0 Å². The number of aromatic nitrogens is 1. The standard InChI is InChI=1S/C12H12N4O4/c1-20-11-3-2-7(4-9(11)13)15-12(17)10-5-8(6-14-10)16(18)19/h2-6,14H,13H2,1H3,(H,15,17). The van der Waals surface area contributed by atoms with Gasteiger partial charge in [0.1, 0.15) is 11.4 Å². The maximum absolute atomic E-state index is 11.9.